The van der Waals surface area contributed by atoms with Gasteiger partial charge in [-0.1, -0.05) is 29.5 Å². The molecule has 0 spiro atoms. The first-order chi connectivity index (χ1) is 8.79. The van der Waals surface area contributed by atoms with Crippen LogP contribution in [0.15, 0.2) is 24.3 Å². The molecule has 0 aliphatic carbocycles. The van der Waals surface area contributed by atoms with E-state index in [1.54, 1.807) is 0 Å². The largest absolute Gasteiger partial charge is 0.369 e. The Morgan fingerprint density at radius 2 is 1.94 bits per heavy atom. The highest BCUT2D eigenvalue weighted by atomic mass is 35.5. The van der Waals surface area contributed by atoms with Gasteiger partial charge in [0.05, 0.1) is 13.1 Å². The maximum absolute atomic E-state index is 6.01. The van der Waals surface area contributed by atoms with Crippen molar-refractivity contribution in [3.05, 3.63) is 29.3 Å². The Labute approximate surface area is 114 Å². The summed E-state index contributed by atoms with van der Waals surface area (Å²) in [6.45, 7) is 5.37. The average Bonchev–Trinajstić information content (AvgIpc) is 2.40. The molecule has 3 nitrogen and oxygen atoms in total. The van der Waals surface area contributed by atoms with Crippen LogP contribution in [0.2, 0.25) is 5.02 Å². The molecule has 0 saturated carbocycles. The number of hydrogen-bond donors (Lipinski definition) is 1. The van der Waals surface area contributed by atoms with E-state index in [4.69, 9.17) is 17.3 Å². The lowest BCUT2D eigenvalue weighted by molar-refractivity contribution is 0.288. The molecule has 0 bridgehead atoms. The summed E-state index contributed by atoms with van der Waals surface area (Å²) in [6.07, 6.45) is 0. The summed E-state index contributed by atoms with van der Waals surface area (Å²) in [5.41, 5.74) is 6.55. The summed E-state index contributed by atoms with van der Waals surface area (Å²) in [5, 5.41) is 0.795. The highest BCUT2D eigenvalue weighted by molar-refractivity contribution is 6.30. The van der Waals surface area contributed by atoms with Gasteiger partial charge in [-0.3, -0.25) is 4.90 Å². The first kappa shape index (κ1) is 13.2. The van der Waals surface area contributed by atoms with Crippen molar-refractivity contribution in [1.29, 1.82) is 0 Å². The molecular weight excluding hydrogens is 246 g/mol. The van der Waals surface area contributed by atoms with Crippen LogP contribution in [0.5, 0.6) is 0 Å². The van der Waals surface area contributed by atoms with E-state index in [-0.39, 0.29) is 0 Å². The van der Waals surface area contributed by atoms with E-state index in [9.17, 15) is 0 Å². The lowest BCUT2D eigenvalue weighted by Crippen LogP contribution is -2.46. The molecule has 18 heavy (non-hydrogen) atoms. The molecule has 96 valence electrons. The van der Waals surface area contributed by atoms with Gasteiger partial charge in [0.25, 0.3) is 0 Å². The third-order valence-corrected chi connectivity index (χ3v) is 3.31. The second kappa shape index (κ2) is 6.65. The Hall–Kier alpha value is -1.21. The van der Waals surface area contributed by atoms with E-state index in [2.05, 4.69) is 27.7 Å². The van der Waals surface area contributed by atoms with E-state index in [1.165, 1.54) is 5.69 Å². The van der Waals surface area contributed by atoms with Crippen LogP contribution < -0.4 is 10.6 Å². The molecular formula is C14H18ClN3. The van der Waals surface area contributed by atoms with Crippen LogP contribution in [-0.2, 0) is 0 Å². The van der Waals surface area contributed by atoms with Gasteiger partial charge in [-0.15, -0.1) is 0 Å². The Kier molecular flexibility index (Phi) is 4.89. The molecule has 0 aromatic heterocycles. The molecule has 1 heterocycles. The fraction of sp³-hybridized carbons (Fsp3) is 0.429. The molecule has 1 fully saturated rings. The number of benzene rings is 1. The Morgan fingerprint density at radius 1 is 1.17 bits per heavy atom. The number of piperazine rings is 1. The minimum Gasteiger partial charge on any atom is -0.369 e. The van der Waals surface area contributed by atoms with Crippen molar-refractivity contribution >= 4 is 17.3 Å². The Balaban J connectivity index is 1.86. The first-order valence-corrected chi connectivity index (χ1v) is 6.56. The van der Waals surface area contributed by atoms with E-state index < -0.39 is 0 Å². The van der Waals surface area contributed by atoms with Crippen LogP contribution >= 0.6 is 11.6 Å². The second-order valence-electron chi connectivity index (χ2n) is 4.30. The number of nitrogens with two attached hydrogens (primary N) is 1. The molecule has 1 saturated heterocycles. The van der Waals surface area contributed by atoms with Crippen molar-refractivity contribution < 1.29 is 0 Å². The molecule has 0 atom stereocenters. The molecule has 2 rings (SSSR count). The predicted octanol–water partition coefficient (Wildman–Crippen LogP) is 1.42. The van der Waals surface area contributed by atoms with Crippen LogP contribution in [0.3, 0.4) is 0 Å². The summed E-state index contributed by atoms with van der Waals surface area (Å²) in [7, 11) is 0. The standard InChI is InChI=1S/C14H18ClN3/c15-13-4-3-5-14(12-13)18-10-8-17(9-11-18)7-2-1-6-16/h3-5,12H,6-11,16H2. The lowest BCUT2D eigenvalue weighted by Gasteiger charge is -2.35. The van der Waals surface area contributed by atoms with Crippen molar-refractivity contribution in [3.8, 4) is 11.8 Å². The SMILES string of the molecule is NCC#CCN1CCN(c2cccc(Cl)c2)CC1. The fourth-order valence-corrected chi connectivity index (χ4v) is 2.26. The van der Waals surface area contributed by atoms with Gasteiger partial charge in [0.2, 0.25) is 0 Å². The van der Waals surface area contributed by atoms with Crippen LogP contribution in [0.1, 0.15) is 0 Å². The molecule has 1 aromatic carbocycles. The number of nitrogens with zero attached hydrogens (tertiary/aromatic N) is 2. The van der Waals surface area contributed by atoms with Gasteiger partial charge in [-0.2, -0.15) is 0 Å². The monoisotopic (exact) mass is 263 g/mol. The zero-order valence-corrected chi connectivity index (χ0v) is 11.2. The van der Waals surface area contributed by atoms with Gasteiger partial charge in [0, 0.05) is 36.9 Å². The maximum Gasteiger partial charge on any atom is 0.0603 e. The van der Waals surface area contributed by atoms with E-state index in [1.807, 2.05) is 18.2 Å². The zero-order chi connectivity index (χ0) is 12.8. The van der Waals surface area contributed by atoms with Gasteiger partial charge in [0.15, 0.2) is 0 Å². The second-order valence-corrected chi connectivity index (χ2v) is 4.74. The van der Waals surface area contributed by atoms with Crippen molar-refractivity contribution in [2.75, 3.05) is 44.2 Å². The van der Waals surface area contributed by atoms with Crippen LogP contribution in [0.4, 0.5) is 5.69 Å². The normalized spacial score (nSPS) is 16.2. The average molecular weight is 264 g/mol. The Bertz CT molecular complexity index is 442. The third-order valence-electron chi connectivity index (χ3n) is 3.08. The van der Waals surface area contributed by atoms with Crippen molar-refractivity contribution in [2.45, 2.75) is 0 Å². The number of hydrogen-bond acceptors (Lipinski definition) is 3. The number of anilines is 1. The molecule has 1 aliphatic rings. The molecule has 0 unspecified atom stereocenters. The zero-order valence-electron chi connectivity index (χ0n) is 10.4. The van der Waals surface area contributed by atoms with Crippen LogP contribution in [0.25, 0.3) is 0 Å². The highest BCUT2D eigenvalue weighted by Crippen LogP contribution is 2.20. The molecule has 2 N–H and O–H groups in total. The van der Waals surface area contributed by atoms with Crippen molar-refractivity contribution in [2.24, 2.45) is 5.73 Å². The summed E-state index contributed by atoms with van der Waals surface area (Å²) in [4.78, 5) is 4.71. The van der Waals surface area contributed by atoms with Crippen LogP contribution in [-0.4, -0.2) is 44.2 Å². The summed E-state index contributed by atoms with van der Waals surface area (Å²) in [5.74, 6) is 5.98. The minimum absolute atomic E-state index is 0.447. The van der Waals surface area contributed by atoms with Gasteiger partial charge >= 0.3 is 0 Å². The smallest absolute Gasteiger partial charge is 0.0603 e. The first-order valence-electron chi connectivity index (χ1n) is 6.18. The van der Waals surface area contributed by atoms with Crippen molar-refractivity contribution in [1.82, 2.24) is 4.90 Å². The molecule has 4 heteroatoms. The number of rotatable bonds is 2. The maximum atomic E-state index is 6.01. The van der Waals surface area contributed by atoms with Gasteiger partial charge < -0.3 is 10.6 Å². The highest BCUT2D eigenvalue weighted by Gasteiger charge is 2.16. The molecule has 1 aromatic rings. The van der Waals surface area contributed by atoms with Gasteiger partial charge in [-0.25, -0.2) is 0 Å². The number of halogens is 1. The van der Waals surface area contributed by atoms with E-state index in [0.29, 0.717) is 6.54 Å². The molecule has 0 amide bonds. The van der Waals surface area contributed by atoms with Crippen LogP contribution in [0, 0.1) is 11.8 Å². The quantitative estimate of drug-likeness (QED) is 0.820. The summed E-state index contributed by atoms with van der Waals surface area (Å²) < 4.78 is 0. The molecule has 0 radical (unpaired) electrons. The summed E-state index contributed by atoms with van der Waals surface area (Å²) >= 11 is 6.01. The lowest BCUT2D eigenvalue weighted by atomic mass is 10.2. The van der Waals surface area contributed by atoms with Gasteiger partial charge in [0.1, 0.15) is 0 Å². The summed E-state index contributed by atoms with van der Waals surface area (Å²) in [6, 6.07) is 8.03. The third kappa shape index (κ3) is 3.64. The fourth-order valence-electron chi connectivity index (χ4n) is 2.08. The minimum atomic E-state index is 0.447. The van der Waals surface area contributed by atoms with Gasteiger partial charge in [-0.05, 0) is 18.2 Å². The topological polar surface area (TPSA) is 32.5 Å². The van der Waals surface area contributed by atoms with Crippen molar-refractivity contribution in [3.63, 3.8) is 0 Å². The van der Waals surface area contributed by atoms with E-state index in [0.717, 1.165) is 37.7 Å². The van der Waals surface area contributed by atoms with E-state index >= 15 is 0 Å². The Morgan fingerprint density at radius 3 is 2.61 bits per heavy atom. The molecule has 1 aliphatic heterocycles. The predicted molar refractivity (Wildman–Crippen MR) is 76.9 cm³/mol.